The molecule has 0 unspecified atom stereocenters. The van der Waals surface area contributed by atoms with Gasteiger partial charge in [0.15, 0.2) is 0 Å². The second-order valence-corrected chi connectivity index (χ2v) is 12.1. The van der Waals surface area contributed by atoms with Crippen molar-refractivity contribution in [2.45, 2.75) is 30.6 Å². The first-order chi connectivity index (χ1) is 20.1. The van der Waals surface area contributed by atoms with Gasteiger partial charge in [-0.1, -0.05) is 54.6 Å². The van der Waals surface area contributed by atoms with Crippen molar-refractivity contribution in [1.82, 2.24) is 14.7 Å². The summed E-state index contributed by atoms with van der Waals surface area (Å²) in [6, 6.07) is 31.5. The van der Waals surface area contributed by atoms with Gasteiger partial charge in [-0.05, 0) is 91.3 Å². The molecule has 1 fully saturated rings. The highest BCUT2D eigenvalue weighted by Crippen LogP contribution is 2.33. The lowest BCUT2D eigenvalue weighted by Crippen LogP contribution is -2.26. The van der Waals surface area contributed by atoms with Crippen molar-refractivity contribution >= 4 is 56.8 Å². The molecule has 210 valence electrons. The lowest BCUT2D eigenvalue weighted by Gasteiger charge is -2.28. The Morgan fingerprint density at radius 1 is 0.707 bits per heavy atom. The SMILES string of the molecule is CN(C)c1cccc2c(SNCC3CCC(CNc4nc(Nc5ccccc5)c5ccccc5n4)CC3)cccc12. The van der Waals surface area contributed by atoms with Crippen molar-refractivity contribution in [2.24, 2.45) is 11.8 Å². The normalized spacial score (nSPS) is 17.0. The first kappa shape index (κ1) is 27.4. The molecule has 0 atom stereocenters. The number of para-hydroxylation sites is 2. The fourth-order valence-corrected chi connectivity index (χ4v) is 6.67. The number of rotatable bonds is 10. The van der Waals surface area contributed by atoms with E-state index in [2.05, 4.69) is 88.9 Å². The van der Waals surface area contributed by atoms with Crippen molar-refractivity contribution in [2.75, 3.05) is 42.7 Å². The van der Waals surface area contributed by atoms with Gasteiger partial charge in [-0.15, -0.1) is 0 Å². The largest absolute Gasteiger partial charge is 0.377 e. The lowest BCUT2D eigenvalue weighted by atomic mass is 9.82. The molecule has 41 heavy (non-hydrogen) atoms. The van der Waals surface area contributed by atoms with Crippen LogP contribution in [0.1, 0.15) is 25.7 Å². The molecular weight excluding hydrogens is 524 g/mol. The van der Waals surface area contributed by atoms with Gasteiger partial charge in [0.2, 0.25) is 5.95 Å². The number of fused-ring (bicyclic) bond motifs is 2. The van der Waals surface area contributed by atoms with Crippen LogP contribution >= 0.6 is 11.9 Å². The fourth-order valence-electron chi connectivity index (χ4n) is 5.77. The van der Waals surface area contributed by atoms with Gasteiger partial charge in [0.05, 0.1) is 5.52 Å². The van der Waals surface area contributed by atoms with Crippen LogP contribution in [-0.2, 0) is 0 Å². The number of benzene rings is 4. The maximum absolute atomic E-state index is 4.85. The molecule has 4 aromatic carbocycles. The van der Waals surface area contributed by atoms with E-state index in [4.69, 9.17) is 9.97 Å². The predicted molar refractivity (Wildman–Crippen MR) is 175 cm³/mol. The molecule has 0 radical (unpaired) electrons. The molecular formula is C34H38N6S. The average molecular weight is 563 g/mol. The quantitative estimate of drug-likeness (QED) is 0.149. The zero-order valence-corrected chi connectivity index (χ0v) is 24.6. The van der Waals surface area contributed by atoms with Gasteiger partial charge in [-0.3, -0.25) is 4.72 Å². The van der Waals surface area contributed by atoms with Gasteiger partial charge >= 0.3 is 0 Å². The Morgan fingerprint density at radius 3 is 2.20 bits per heavy atom. The third kappa shape index (κ3) is 6.58. The van der Waals surface area contributed by atoms with E-state index in [1.54, 1.807) is 11.9 Å². The molecule has 0 amide bonds. The highest BCUT2D eigenvalue weighted by molar-refractivity contribution is 7.97. The third-order valence-electron chi connectivity index (χ3n) is 8.05. The Kier molecular flexibility index (Phi) is 8.54. The second-order valence-electron chi connectivity index (χ2n) is 11.1. The van der Waals surface area contributed by atoms with E-state index in [1.165, 1.54) is 47.0 Å². The van der Waals surface area contributed by atoms with Gasteiger partial charge in [0, 0.05) is 54.2 Å². The van der Waals surface area contributed by atoms with Gasteiger partial charge in [-0.2, -0.15) is 4.98 Å². The molecule has 7 heteroatoms. The van der Waals surface area contributed by atoms with Crippen molar-refractivity contribution in [1.29, 1.82) is 0 Å². The number of nitrogens with one attached hydrogen (secondary N) is 3. The summed E-state index contributed by atoms with van der Waals surface area (Å²) < 4.78 is 3.69. The van der Waals surface area contributed by atoms with Crippen molar-refractivity contribution in [3.8, 4) is 0 Å². The molecule has 6 rings (SSSR count). The Morgan fingerprint density at radius 2 is 1.39 bits per heavy atom. The van der Waals surface area contributed by atoms with Crippen LogP contribution in [0.3, 0.4) is 0 Å². The minimum absolute atomic E-state index is 0.641. The molecule has 1 aliphatic carbocycles. The summed E-state index contributed by atoms with van der Waals surface area (Å²) >= 11 is 1.77. The Hall–Kier alpha value is -3.81. The summed E-state index contributed by atoms with van der Waals surface area (Å²) in [6.07, 6.45) is 4.96. The van der Waals surface area contributed by atoms with E-state index in [1.807, 2.05) is 36.4 Å². The molecule has 0 spiro atoms. The zero-order chi connectivity index (χ0) is 28.0. The van der Waals surface area contributed by atoms with E-state index in [9.17, 15) is 0 Å². The number of anilines is 4. The zero-order valence-electron chi connectivity index (χ0n) is 23.8. The minimum atomic E-state index is 0.641. The Balaban J connectivity index is 1.01. The monoisotopic (exact) mass is 562 g/mol. The van der Waals surface area contributed by atoms with Gasteiger partial charge in [0.1, 0.15) is 5.82 Å². The molecule has 3 N–H and O–H groups in total. The van der Waals surface area contributed by atoms with Crippen LogP contribution in [0.4, 0.5) is 23.1 Å². The molecule has 0 bridgehead atoms. The Bertz CT molecular complexity index is 1600. The lowest BCUT2D eigenvalue weighted by molar-refractivity contribution is 0.285. The number of nitrogens with zero attached hydrogens (tertiary/aromatic N) is 3. The highest BCUT2D eigenvalue weighted by Gasteiger charge is 2.21. The molecule has 5 aromatic rings. The highest BCUT2D eigenvalue weighted by atomic mass is 32.2. The van der Waals surface area contributed by atoms with Gasteiger partial charge in [-0.25, -0.2) is 4.98 Å². The molecule has 0 aliphatic heterocycles. The van der Waals surface area contributed by atoms with Crippen LogP contribution in [0.2, 0.25) is 0 Å². The standard InChI is InChI=1S/C34H38N6S/c1-40(2)31-16-8-14-28-27(31)13-9-17-32(28)41-36-23-25-20-18-24(19-21-25)22-35-34-38-30-15-7-6-12-29(30)33(39-34)37-26-10-4-3-5-11-26/h3-17,24-25,36H,18-23H2,1-2H3,(H2,35,37,38,39). The summed E-state index contributed by atoms with van der Waals surface area (Å²) in [5, 5.41) is 10.7. The first-order valence-electron chi connectivity index (χ1n) is 14.6. The number of hydrogen-bond acceptors (Lipinski definition) is 7. The van der Waals surface area contributed by atoms with E-state index in [-0.39, 0.29) is 0 Å². The van der Waals surface area contributed by atoms with Gasteiger partial charge in [0.25, 0.3) is 0 Å². The topological polar surface area (TPSA) is 65.1 Å². The van der Waals surface area contributed by atoms with Crippen LogP contribution in [0.5, 0.6) is 0 Å². The fraction of sp³-hybridized carbons (Fsp3) is 0.294. The van der Waals surface area contributed by atoms with Crippen molar-refractivity contribution in [3.05, 3.63) is 91.0 Å². The third-order valence-corrected chi connectivity index (χ3v) is 8.94. The summed E-state index contributed by atoms with van der Waals surface area (Å²) in [5.74, 6) is 2.88. The summed E-state index contributed by atoms with van der Waals surface area (Å²) in [5.41, 5.74) is 3.22. The van der Waals surface area contributed by atoms with E-state index >= 15 is 0 Å². The van der Waals surface area contributed by atoms with Crippen LogP contribution in [0.25, 0.3) is 21.7 Å². The smallest absolute Gasteiger partial charge is 0.225 e. The summed E-state index contributed by atoms with van der Waals surface area (Å²) in [6.45, 7) is 1.94. The van der Waals surface area contributed by atoms with Crippen LogP contribution in [0.15, 0.2) is 95.9 Å². The molecule has 1 aliphatic rings. The molecule has 1 heterocycles. The number of aromatic nitrogens is 2. The molecule has 1 aromatic heterocycles. The predicted octanol–water partition coefficient (Wildman–Crippen LogP) is 8.11. The van der Waals surface area contributed by atoms with Crippen molar-refractivity contribution < 1.29 is 0 Å². The summed E-state index contributed by atoms with van der Waals surface area (Å²) in [7, 11) is 4.21. The van der Waals surface area contributed by atoms with E-state index in [0.717, 1.165) is 35.5 Å². The second kappa shape index (κ2) is 12.8. The van der Waals surface area contributed by atoms with Crippen molar-refractivity contribution in [3.63, 3.8) is 0 Å². The van der Waals surface area contributed by atoms with Gasteiger partial charge < -0.3 is 15.5 Å². The van der Waals surface area contributed by atoms with Crippen LogP contribution in [-0.4, -0.2) is 37.2 Å². The van der Waals surface area contributed by atoms with Crippen LogP contribution in [0, 0.1) is 11.8 Å². The van der Waals surface area contributed by atoms with Crippen LogP contribution < -0.4 is 20.3 Å². The Labute approximate surface area is 247 Å². The summed E-state index contributed by atoms with van der Waals surface area (Å²) in [4.78, 5) is 13.1. The number of hydrogen-bond donors (Lipinski definition) is 3. The minimum Gasteiger partial charge on any atom is -0.377 e. The first-order valence-corrected chi connectivity index (χ1v) is 15.4. The average Bonchev–Trinajstić information content (AvgIpc) is 3.01. The van der Waals surface area contributed by atoms with E-state index < -0.39 is 0 Å². The molecule has 0 saturated heterocycles. The maximum atomic E-state index is 4.85. The van der Waals surface area contributed by atoms with E-state index in [0.29, 0.717) is 17.8 Å². The molecule has 6 nitrogen and oxygen atoms in total. The molecule has 1 saturated carbocycles. The maximum Gasteiger partial charge on any atom is 0.225 e.